The van der Waals surface area contributed by atoms with Crippen LogP contribution in [0.4, 0.5) is 5.95 Å². The van der Waals surface area contributed by atoms with E-state index in [-0.39, 0.29) is 0 Å². The fraction of sp³-hybridized carbons (Fsp3) is 0.850. The highest BCUT2D eigenvalue weighted by Gasteiger charge is 2.30. The first-order valence-electron chi connectivity index (χ1n) is 10.7. The van der Waals surface area contributed by atoms with Gasteiger partial charge in [-0.25, -0.2) is 0 Å². The zero-order valence-corrected chi connectivity index (χ0v) is 16.2. The molecule has 2 saturated heterocycles. The van der Waals surface area contributed by atoms with E-state index < -0.39 is 0 Å². The second-order valence-electron chi connectivity index (χ2n) is 8.52. The molecule has 1 aromatic heterocycles. The normalized spacial score (nSPS) is 24.6. The summed E-state index contributed by atoms with van der Waals surface area (Å²) < 4.78 is 2.28. The quantitative estimate of drug-likeness (QED) is 0.810. The van der Waals surface area contributed by atoms with Crippen molar-refractivity contribution in [3.63, 3.8) is 0 Å². The Labute approximate surface area is 156 Å². The third-order valence-corrected chi connectivity index (χ3v) is 6.43. The summed E-state index contributed by atoms with van der Waals surface area (Å²) >= 11 is 0. The molecule has 1 amide bonds. The highest BCUT2D eigenvalue weighted by molar-refractivity contribution is 5.76. The molecule has 26 heavy (non-hydrogen) atoms. The minimum atomic E-state index is 0.302. The smallest absolute Gasteiger partial charge is 0.227 e. The predicted molar refractivity (Wildman–Crippen MR) is 102 cm³/mol. The Balaban J connectivity index is 1.48. The van der Waals surface area contributed by atoms with Gasteiger partial charge in [0.1, 0.15) is 5.82 Å². The van der Waals surface area contributed by atoms with Crippen LogP contribution in [0.3, 0.4) is 0 Å². The molecular weight excluding hydrogens is 326 g/mol. The van der Waals surface area contributed by atoms with E-state index in [1.165, 1.54) is 38.5 Å². The van der Waals surface area contributed by atoms with Gasteiger partial charge in [0.05, 0.1) is 0 Å². The van der Waals surface area contributed by atoms with Gasteiger partial charge in [-0.2, -0.15) is 0 Å². The van der Waals surface area contributed by atoms with Gasteiger partial charge < -0.3 is 9.80 Å². The monoisotopic (exact) mass is 359 g/mol. The Morgan fingerprint density at radius 1 is 1.00 bits per heavy atom. The third kappa shape index (κ3) is 3.74. The molecule has 0 aromatic carbocycles. The molecule has 3 aliphatic rings. The number of anilines is 1. The van der Waals surface area contributed by atoms with E-state index in [0.29, 0.717) is 24.2 Å². The van der Waals surface area contributed by atoms with Gasteiger partial charge in [-0.3, -0.25) is 9.36 Å². The molecule has 1 aromatic rings. The summed E-state index contributed by atoms with van der Waals surface area (Å²) in [6.07, 6.45) is 10.4. The number of carbonyl (C=O) groups is 1. The van der Waals surface area contributed by atoms with E-state index in [0.717, 1.165) is 57.3 Å². The second-order valence-corrected chi connectivity index (χ2v) is 8.52. The van der Waals surface area contributed by atoms with Crippen molar-refractivity contribution in [2.75, 3.05) is 31.1 Å². The fourth-order valence-corrected chi connectivity index (χ4v) is 4.60. The van der Waals surface area contributed by atoms with Crippen molar-refractivity contribution in [1.82, 2.24) is 19.7 Å². The molecule has 1 aliphatic carbocycles. The van der Waals surface area contributed by atoms with Gasteiger partial charge in [0.15, 0.2) is 0 Å². The van der Waals surface area contributed by atoms with Crippen LogP contribution in [0.2, 0.25) is 0 Å². The van der Waals surface area contributed by atoms with Crippen molar-refractivity contribution < 1.29 is 4.79 Å². The first-order valence-corrected chi connectivity index (χ1v) is 10.7. The molecule has 0 bridgehead atoms. The Bertz CT molecular complexity index is 618. The Hall–Kier alpha value is -1.59. The number of amides is 1. The highest BCUT2D eigenvalue weighted by atomic mass is 16.2. The summed E-state index contributed by atoms with van der Waals surface area (Å²) in [5, 5.41) is 9.16. The molecule has 1 saturated carbocycles. The number of nitrogens with zero attached hydrogens (tertiary/aromatic N) is 5. The maximum Gasteiger partial charge on any atom is 0.227 e. The van der Waals surface area contributed by atoms with Crippen molar-refractivity contribution in [2.24, 2.45) is 5.92 Å². The Morgan fingerprint density at radius 3 is 2.50 bits per heavy atom. The van der Waals surface area contributed by atoms with Gasteiger partial charge in [-0.1, -0.05) is 13.3 Å². The molecule has 0 radical (unpaired) electrons. The lowest BCUT2D eigenvalue weighted by Gasteiger charge is -2.33. The standard InChI is InChI=1S/C20H33N5O/c1-16-7-6-13-24(15-16)20-22-21-19(17-8-5-9-17)25(20)14-10-18(26)23-11-3-2-4-12-23/h16-17H,2-15H2,1H3/t16-/m0/s1. The molecule has 6 nitrogen and oxygen atoms in total. The number of piperidine rings is 2. The first kappa shape index (κ1) is 17.8. The van der Waals surface area contributed by atoms with Crippen LogP contribution in [0.1, 0.15) is 76.5 Å². The molecule has 0 N–H and O–H groups in total. The van der Waals surface area contributed by atoms with Gasteiger partial charge in [0.2, 0.25) is 11.9 Å². The molecule has 0 spiro atoms. The van der Waals surface area contributed by atoms with Crippen LogP contribution in [0.5, 0.6) is 0 Å². The average molecular weight is 360 g/mol. The minimum Gasteiger partial charge on any atom is -0.343 e. The molecular formula is C20H33N5O. The maximum absolute atomic E-state index is 12.7. The molecule has 6 heteroatoms. The van der Waals surface area contributed by atoms with Crippen LogP contribution < -0.4 is 4.90 Å². The molecule has 4 rings (SSSR count). The molecule has 1 atom stereocenters. The van der Waals surface area contributed by atoms with Crippen molar-refractivity contribution in [1.29, 1.82) is 0 Å². The largest absolute Gasteiger partial charge is 0.343 e. The minimum absolute atomic E-state index is 0.302. The summed E-state index contributed by atoms with van der Waals surface area (Å²) in [6.45, 7) is 7.05. The predicted octanol–water partition coefficient (Wildman–Crippen LogP) is 3.18. The molecule has 3 fully saturated rings. The zero-order valence-electron chi connectivity index (χ0n) is 16.2. The Kier molecular flexibility index (Phi) is 5.46. The van der Waals surface area contributed by atoms with Crippen LogP contribution in [-0.4, -0.2) is 51.8 Å². The van der Waals surface area contributed by atoms with Crippen molar-refractivity contribution in [3.8, 4) is 0 Å². The summed E-state index contributed by atoms with van der Waals surface area (Å²) in [5.41, 5.74) is 0. The van der Waals surface area contributed by atoms with E-state index in [1.807, 2.05) is 0 Å². The van der Waals surface area contributed by atoms with E-state index in [1.54, 1.807) is 0 Å². The van der Waals surface area contributed by atoms with Crippen LogP contribution >= 0.6 is 0 Å². The lowest BCUT2D eigenvalue weighted by atomic mass is 9.85. The van der Waals surface area contributed by atoms with E-state index in [2.05, 4.69) is 31.5 Å². The van der Waals surface area contributed by atoms with Gasteiger partial charge in [-0.15, -0.1) is 10.2 Å². The van der Waals surface area contributed by atoms with Crippen LogP contribution in [-0.2, 0) is 11.3 Å². The fourth-order valence-electron chi connectivity index (χ4n) is 4.60. The van der Waals surface area contributed by atoms with Crippen LogP contribution in [0.25, 0.3) is 0 Å². The molecule has 3 heterocycles. The SMILES string of the molecule is C[C@H]1CCCN(c2nnc(C3CCC3)n2CCC(=O)N2CCCCC2)C1. The Morgan fingerprint density at radius 2 is 1.81 bits per heavy atom. The first-order chi connectivity index (χ1) is 12.7. The summed E-state index contributed by atoms with van der Waals surface area (Å²) in [4.78, 5) is 17.1. The topological polar surface area (TPSA) is 54.3 Å². The number of rotatable bonds is 5. The highest BCUT2D eigenvalue weighted by Crippen LogP contribution is 2.37. The van der Waals surface area contributed by atoms with Crippen molar-refractivity contribution in [3.05, 3.63) is 5.82 Å². The van der Waals surface area contributed by atoms with E-state index in [9.17, 15) is 4.79 Å². The van der Waals surface area contributed by atoms with E-state index >= 15 is 0 Å². The second kappa shape index (κ2) is 7.97. The van der Waals surface area contributed by atoms with Gasteiger partial charge in [0.25, 0.3) is 0 Å². The number of hydrogen-bond acceptors (Lipinski definition) is 4. The summed E-state index contributed by atoms with van der Waals surface area (Å²) in [5.74, 6) is 3.68. The number of carbonyl (C=O) groups excluding carboxylic acids is 1. The van der Waals surface area contributed by atoms with Crippen LogP contribution in [0, 0.1) is 5.92 Å². The molecule has 0 unspecified atom stereocenters. The number of hydrogen-bond donors (Lipinski definition) is 0. The molecule has 144 valence electrons. The third-order valence-electron chi connectivity index (χ3n) is 6.43. The van der Waals surface area contributed by atoms with E-state index in [4.69, 9.17) is 0 Å². The number of aromatic nitrogens is 3. The van der Waals surface area contributed by atoms with Gasteiger partial charge in [-0.05, 0) is 50.9 Å². The zero-order chi connectivity index (χ0) is 17.9. The number of likely N-dealkylation sites (tertiary alicyclic amines) is 1. The summed E-state index contributed by atoms with van der Waals surface area (Å²) in [7, 11) is 0. The lowest BCUT2D eigenvalue weighted by Crippen LogP contribution is -2.38. The lowest BCUT2D eigenvalue weighted by molar-refractivity contribution is -0.132. The summed E-state index contributed by atoms with van der Waals surface area (Å²) in [6, 6.07) is 0. The van der Waals surface area contributed by atoms with Crippen molar-refractivity contribution in [2.45, 2.75) is 77.2 Å². The molecule has 2 aliphatic heterocycles. The maximum atomic E-state index is 12.7. The average Bonchev–Trinajstić information content (AvgIpc) is 3.02. The van der Waals surface area contributed by atoms with Gasteiger partial charge in [0, 0.05) is 45.1 Å². The van der Waals surface area contributed by atoms with Gasteiger partial charge >= 0.3 is 0 Å². The van der Waals surface area contributed by atoms with Crippen molar-refractivity contribution >= 4 is 11.9 Å². The van der Waals surface area contributed by atoms with Crippen LogP contribution in [0.15, 0.2) is 0 Å².